The molecule has 1 amide bonds. The molecule has 1 rings (SSSR count). The van der Waals surface area contributed by atoms with E-state index in [1.807, 2.05) is 0 Å². The molecule has 0 aliphatic carbocycles. The van der Waals surface area contributed by atoms with Gasteiger partial charge < -0.3 is 16.0 Å². The second-order valence-electron chi connectivity index (χ2n) is 3.03. The van der Waals surface area contributed by atoms with Crippen LogP contribution in [0.2, 0.25) is 0 Å². The zero-order valence-electron chi connectivity index (χ0n) is 7.72. The number of aromatic nitrogens is 1. The van der Waals surface area contributed by atoms with Gasteiger partial charge in [-0.2, -0.15) is 0 Å². The Morgan fingerprint density at radius 3 is 2.79 bits per heavy atom. The first-order valence-electron chi connectivity index (χ1n) is 4.31. The topological polar surface area (TPSA) is 91.1 Å². The number of pyridine rings is 1. The summed E-state index contributed by atoms with van der Waals surface area (Å²) in [6.07, 6.45) is 2.02. The van der Waals surface area contributed by atoms with Gasteiger partial charge in [0.05, 0.1) is 6.04 Å². The molecule has 1 aromatic rings. The van der Waals surface area contributed by atoms with Crippen molar-refractivity contribution < 1.29 is 4.79 Å². The first kappa shape index (κ1) is 10.5. The lowest BCUT2D eigenvalue weighted by atomic mass is 10.2. The Morgan fingerprint density at radius 2 is 2.21 bits per heavy atom. The van der Waals surface area contributed by atoms with Crippen LogP contribution in [-0.4, -0.2) is 16.5 Å². The van der Waals surface area contributed by atoms with Crippen molar-refractivity contribution in [2.24, 2.45) is 11.5 Å². The maximum atomic E-state index is 11.2. The smallest absolute Gasteiger partial charge is 0.250 e. The Kier molecular flexibility index (Phi) is 3.41. The third-order valence-corrected chi connectivity index (χ3v) is 1.95. The molecule has 5 nitrogen and oxygen atoms in total. The van der Waals surface area contributed by atoms with Crippen LogP contribution in [-0.2, 0) is 11.3 Å². The van der Waals surface area contributed by atoms with E-state index in [9.17, 15) is 9.59 Å². The van der Waals surface area contributed by atoms with E-state index < -0.39 is 11.9 Å². The van der Waals surface area contributed by atoms with Gasteiger partial charge in [-0.3, -0.25) is 9.59 Å². The highest BCUT2D eigenvalue weighted by Crippen LogP contribution is 1.91. The fourth-order valence-corrected chi connectivity index (χ4v) is 1.07. The number of primary amides is 1. The average Bonchev–Trinajstić information content (AvgIpc) is 2.16. The Balaban J connectivity index is 2.58. The highest BCUT2D eigenvalue weighted by Gasteiger charge is 2.08. The van der Waals surface area contributed by atoms with Gasteiger partial charge in [-0.25, -0.2) is 0 Å². The van der Waals surface area contributed by atoms with Crippen LogP contribution in [0.4, 0.5) is 0 Å². The number of hydrogen-bond donors (Lipinski definition) is 2. The second kappa shape index (κ2) is 4.57. The molecule has 0 saturated carbocycles. The quantitative estimate of drug-likeness (QED) is 0.649. The van der Waals surface area contributed by atoms with Gasteiger partial charge in [0.1, 0.15) is 0 Å². The van der Waals surface area contributed by atoms with Gasteiger partial charge in [0.15, 0.2) is 0 Å². The number of amides is 1. The van der Waals surface area contributed by atoms with Gasteiger partial charge in [0.2, 0.25) is 11.5 Å². The van der Waals surface area contributed by atoms with Gasteiger partial charge in [-0.15, -0.1) is 0 Å². The standard InChI is InChI=1S/C9H13N3O2/c10-7(9(11)14)4-6-12-5-2-1-3-8(12)13/h1-3,5,7H,4,6,10H2,(H2,11,14). The summed E-state index contributed by atoms with van der Waals surface area (Å²) in [6.45, 7) is 0.407. The van der Waals surface area contributed by atoms with Crippen molar-refractivity contribution in [3.05, 3.63) is 34.7 Å². The van der Waals surface area contributed by atoms with E-state index in [2.05, 4.69) is 0 Å². The summed E-state index contributed by atoms with van der Waals surface area (Å²) in [7, 11) is 0. The van der Waals surface area contributed by atoms with Crippen molar-refractivity contribution in [2.45, 2.75) is 19.0 Å². The number of rotatable bonds is 4. The summed E-state index contributed by atoms with van der Waals surface area (Å²) in [6, 6.07) is 4.17. The van der Waals surface area contributed by atoms with Gasteiger partial charge >= 0.3 is 0 Å². The molecule has 5 heteroatoms. The van der Waals surface area contributed by atoms with Crippen molar-refractivity contribution in [1.82, 2.24) is 4.57 Å². The Bertz CT molecular complexity index is 372. The number of hydrogen-bond acceptors (Lipinski definition) is 3. The third kappa shape index (κ3) is 2.70. The minimum absolute atomic E-state index is 0.107. The highest BCUT2D eigenvalue weighted by atomic mass is 16.1. The summed E-state index contributed by atoms with van der Waals surface area (Å²) < 4.78 is 1.49. The summed E-state index contributed by atoms with van der Waals surface area (Å²) in [4.78, 5) is 21.8. The molecule has 1 atom stereocenters. The minimum Gasteiger partial charge on any atom is -0.368 e. The van der Waals surface area contributed by atoms with Crippen LogP contribution in [0, 0.1) is 0 Å². The number of nitrogens with zero attached hydrogens (tertiary/aromatic N) is 1. The lowest BCUT2D eigenvalue weighted by molar-refractivity contribution is -0.119. The molecular formula is C9H13N3O2. The number of carbonyl (C=O) groups is 1. The van der Waals surface area contributed by atoms with Crippen LogP contribution >= 0.6 is 0 Å². The van der Waals surface area contributed by atoms with Crippen LogP contribution in [0.25, 0.3) is 0 Å². The molecule has 14 heavy (non-hydrogen) atoms. The van der Waals surface area contributed by atoms with Crippen molar-refractivity contribution in [2.75, 3.05) is 0 Å². The van der Waals surface area contributed by atoms with Crippen molar-refractivity contribution in [3.63, 3.8) is 0 Å². The molecule has 0 radical (unpaired) electrons. The Hall–Kier alpha value is -1.62. The molecule has 1 aromatic heterocycles. The lowest BCUT2D eigenvalue weighted by Gasteiger charge is -2.08. The predicted molar refractivity (Wildman–Crippen MR) is 52.5 cm³/mol. The first-order valence-corrected chi connectivity index (χ1v) is 4.31. The molecule has 0 aromatic carbocycles. The van der Waals surface area contributed by atoms with E-state index in [0.29, 0.717) is 13.0 Å². The van der Waals surface area contributed by atoms with Crippen molar-refractivity contribution in [3.8, 4) is 0 Å². The average molecular weight is 195 g/mol. The molecule has 0 fully saturated rings. The lowest BCUT2D eigenvalue weighted by Crippen LogP contribution is -2.37. The highest BCUT2D eigenvalue weighted by molar-refractivity contribution is 5.79. The monoisotopic (exact) mass is 195 g/mol. The first-order chi connectivity index (χ1) is 6.61. The fraction of sp³-hybridized carbons (Fsp3) is 0.333. The fourth-order valence-electron chi connectivity index (χ4n) is 1.07. The van der Waals surface area contributed by atoms with Gasteiger partial charge in [-0.05, 0) is 12.5 Å². The summed E-state index contributed by atoms with van der Waals surface area (Å²) in [5.41, 5.74) is 10.3. The minimum atomic E-state index is -0.692. The largest absolute Gasteiger partial charge is 0.368 e. The molecule has 1 heterocycles. The van der Waals surface area contributed by atoms with Crippen LogP contribution in [0.1, 0.15) is 6.42 Å². The number of carbonyl (C=O) groups excluding carboxylic acids is 1. The van der Waals surface area contributed by atoms with Crippen LogP contribution in [0.15, 0.2) is 29.2 Å². The van der Waals surface area contributed by atoms with Crippen molar-refractivity contribution >= 4 is 5.91 Å². The SMILES string of the molecule is NC(=O)C(N)CCn1ccccc1=O. The zero-order chi connectivity index (χ0) is 10.6. The Labute approximate surface area is 81.3 Å². The maximum absolute atomic E-state index is 11.2. The number of nitrogens with two attached hydrogens (primary N) is 2. The third-order valence-electron chi connectivity index (χ3n) is 1.95. The molecule has 0 bridgehead atoms. The normalized spacial score (nSPS) is 12.4. The molecule has 0 aliphatic rings. The van der Waals surface area contributed by atoms with E-state index in [0.717, 1.165) is 0 Å². The van der Waals surface area contributed by atoms with Crippen LogP contribution in [0.3, 0.4) is 0 Å². The van der Waals surface area contributed by atoms with Crippen LogP contribution < -0.4 is 17.0 Å². The van der Waals surface area contributed by atoms with Gasteiger partial charge in [0.25, 0.3) is 0 Å². The van der Waals surface area contributed by atoms with E-state index in [-0.39, 0.29) is 5.56 Å². The van der Waals surface area contributed by atoms with E-state index in [1.54, 1.807) is 18.3 Å². The van der Waals surface area contributed by atoms with E-state index in [1.165, 1.54) is 10.6 Å². The maximum Gasteiger partial charge on any atom is 0.250 e. The molecular weight excluding hydrogens is 182 g/mol. The van der Waals surface area contributed by atoms with Gasteiger partial charge in [-0.1, -0.05) is 6.07 Å². The van der Waals surface area contributed by atoms with E-state index in [4.69, 9.17) is 11.5 Å². The van der Waals surface area contributed by atoms with Crippen LogP contribution in [0.5, 0.6) is 0 Å². The number of aryl methyl sites for hydroxylation is 1. The molecule has 0 saturated heterocycles. The summed E-state index contributed by atoms with van der Waals surface area (Å²) >= 11 is 0. The Morgan fingerprint density at radius 1 is 1.50 bits per heavy atom. The molecule has 76 valence electrons. The molecule has 4 N–H and O–H groups in total. The zero-order valence-corrected chi connectivity index (χ0v) is 7.72. The second-order valence-corrected chi connectivity index (χ2v) is 3.03. The predicted octanol–water partition coefficient (Wildman–Crippen LogP) is -0.949. The molecule has 0 aliphatic heterocycles. The van der Waals surface area contributed by atoms with Gasteiger partial charge in [0, 0.05) is 18.8 Å². The van der Waals surface area contributed by atoms with Crippen molar-refractivity contribution in [1.29, 1.82) is 0 Å². The molecule has 0 spiro atoms. The molecule has 1 unspecified atom stereocenters. The summed E-state index contributed by atoms with van der Waals surface area (Å²) in [5.74, 6) is -0.547. The summed E-state index contributed by atoms with van der Waals surface area (Å²) in [5, 5.41) is 0. The van der Waals surface area contributed by atoms with E-state index >= 15 is 0 Å².